The molecule has 0 spiro atoms. The number of imide groups is 1. The first kappa shape index (κ1) is 17.0. The minimum absolute atomic E-state index is 0.235. The van der Waals surface area contributed by atoms with Crippen LogP contribution in [0.1, 0.15) is 16.9 Å². The number of aryl methyl sites for hydroxylation is 2. The molecule has 3 rings (SSSR count). The molecule has 0 bridgehead atoms. The standard InChI is InChI=1S/C18H16N2O4S/c1-11-5-6-13(8-12(11)2)19-16(21)10-20-17(22)15(25-18(20)23)9-14-4-3-7-24-14/h3-9H,10H2,1-2H3,(H,19,21). The average Bonchev–Trinajstić information content (AvgIpc) is 3.15. The normalized spacial score (nSPS) is 15.9. The van der Waals surface area contributed by atoms with E-state index in [9.17, 15) is 14.4 Å². The SMILES string of the molecule is Cc1ccc(NC(=O)CN2C(=O)SC(=Cc3ccco3)C2=O)cc1C. The molecule has 2 aromatic rings. The third-order valence-electron chi connectivity index (χ3n) is 3.78. The fraction of sp³-hybridized carbons (Fsp3) is 0.167. The summed E-state index contributed by atoms with van der Waals surface area (Å²) in [5.41, 5.74) is 2.79. The summed E-state index contributed by atoms with van der Waals surface area (Å²) in [5, 5.41) is 2.23. The zero-order valence-electron chi connectivity index (χ0n) is 13.7. The Morgan fingerprint density at radius 3 is 2.72 bits per heavy atom. The molecule has 1 aliphatic heterocycles. The quantitative estimate of drug-likeness (QED) is 0.847. The van der Waals surface area contributed by atoms with E-state index in [-0.39, 0.29) is 11.4 Å². The first-order chi connectivity index (χ1) is 11.9. The topological polar surface area (TPSA) is 79.6 Å². The molecule has 6 nitrogen and oxygen atoms in total. The van der Waals surface area contributed by atoms with E-state index in [1.807, 2.05) is 26.0 Å². The molecule has 0 saturated carbocycles. The molecule has 1 N–H and O–H groups in total. The number of hydrogen-bond acceptors (Lipinski definition) is 5. The maximum Gasteiger partial charge on any atom is 0.294 e. The number of rotatable bonds is 4. The molecule has 1 saturated heterocycles. The monoisotopic (exact) mass is 356 g/mol. The van der Waals surface area contributed by atoms with Gasteiger partial charge >= 0.3 is 0 Å². The van der Waals surface area contributed by atoms with Gasteiger partial charge in [-0.05, 0) is 61.0 Å². The Balaban J connectivity index is 1.67. The van der Waals surface area contributed by atoms with Crippen LogP contribution >= 0.6 is 11.8 Å². The molecule has 25 heavy (non-hydrogen) atoms. The van der Waals surface area contributed by atoms with Gasteiger partial charge in [-0.1, -0.05) is 6.07 Å². The summed E-state index contributed by atoms with van der Waals surface area (Å²) in [5.74, 6) is -0.448. The van der Waals surface area contributed by atoms with Gasteiger partial charge in [0.2, 0.25) is 5.91 Å². The van der Waals surface area contributed by atoms with Gasteiger partial charge in [0.1, 0.15) is 12.3 Å². The fourth-order valence-electron chi connectivity index (χ4n) is 2.30. The van der Waals surface area contributed by atoms with Crippen molar-refractivity contribution in [1.82, 2.24) is 4.90 Å². The van der Waals surface area contributed by atoms with Crippen molar-refractivity contribution in [2.45, 2.75) is 13.8 Å². The molecular weight excluding hydrogens is 340 g/mol. The van der Waals surface area contributed by atoms with Gasteiger partial charge in [0, 0.05) is 11.8 Å². The third kappa shape index (κ3) is 3.83. The van der Waals surface area contributed by atoms with Crippen molar-refractivity contribution in [3.05, 3.63) is 58.4 Å². The van der Waals surface area contributed by atoms with Crippen molar-refractivity contribution in [2.75, 3.05) is 11.9 Å². The van der Waals surface area contributed by atoms with Crippen molar-refractivity contribution in [2.24, 2.45) is 0 Å². The van der Waals surface area contributed by atoms with E-state index in [0.29, 0.717) is 11.4 Å². The largest absolute Gasteiger partial charge is 0.465 e. The summed E-state index contributed by atoms with van der Waals surface area (Å²) < 4.78 is 5.14. The Morgan fingerprint density at radius 1 is 1.24 bits per heavy atom. The molecule has 2 heterocycles. The van der Waals surface area contributed by atoms with E-state index >= 15 is 0 Å². The zero-order chi connectivity index (χ0) is 18.0. The molecule has 1 aromatic carbocycles. The van der Waals surface area contributed by atoms with Crippen LogP contribution in [0.2, 0.25) is 0 Å². The highest BCUT2D eigenvalue weighted by Crippen LogP contribution is 2.32. The highest BCUT2D eigenvalue weighted by Gasteiger charge is 2.36. The van der Waals surface area contributed by atoms with E-state index in [2.05, 4.69) is 5.32 Å². The maximum absolute atomic E-state index is 12.3. The summed E-state index contributed by atoms with van der Waals surface area (Å²) in [6.07, 6.45) is 2.97. The Kier molecular flexibility index (Phi) is 4.76. The lowest BCUT2D eigenvalue weighted by Gasteiger charge is -2.13. The van der Waals surface area contributed by atoms with Crippen LogP contribution in [0.5, 0.6) is 0 Å². The van der Waals surface area contributed by atoms with Crippen LogP contribution in [-0.4, -0.2) is 28.5 Å². The number of hydrogen-bond donors (Lipinski definition) is 1. The summed E-state index contributed by atoms with van der Waals surface area (Å²) >= 11 is 0.791. The van der Waals surface area contributed by atoms with Crippen molar-refractivity contribution < 1.29 is 18.8 Å². The van der Waals surface area contributed by atoms with Crippen molar-refractivity contribution in [3.8, 4) is 0 Å². The number of benzene rings is 1. The number of nitrogens with zero attached hydrogens (tertiary/aromatic N) is 1. The minimum Gasteiger partial charge on any atom is -0.465 e. The van der Waals surface area contributed by atoms with Gasteiger partial charge < -0.3 is 9.73 Å². The van der Waals surface area contributed by atoms with Crippen LogP contribution in [0, 0.1) is 13.8 Å². The number of anilines is 1. The van der Waals surface area contributed by atoms with E-state index in [4.69, 9.17) is 4.42 Å². The lowest BCUT2D eigenvalue weighted by atomic mass is 10.1. The van der Waals surface area contributed by atoms with Gasteiger partial charge in [0.05, 0.1) is 11.2 Å². The van der Waals surface area contributed by atoms with Gasteiger partial charge in [0.25, 0.3) is 11.1 Å². The van der Waals surface area contributed by atoms with Gasteiger partial charge in [0.15, 0.2) is 0 Å². The molecule has 128 valence electrons. The van der Waals surface area contributed by atoms with Crippen molar-refractivity contribution in [1.29, 1.82) is 0 Å². The van der Waals surface area contributed by atoms with Crippen molar-refractivity contribution >= 4 is 40.6 Å². The van der Waals surface area contributed by atoms with Gasteiger partial charge in [-0.15, -0.1) is 0 Å². The highest BCUT2D eigenvalue weighted by molar-refractivity contribution is 8.18. The molecule has 0 atom stereocenters. The molecular formula is C18H16N2O4S. The van der Waals surface area contributed by atoms with Crippen LogP contribution in [0.3, 0.4) is 0 Å². The predicted molar refractivity (Wildman–Crippen MR) is 95.9 cm³/mol. The molecule has 0 unspecified atom stereocenters. The third-order valence-corrected chi connectivity index (χ3v) is 4.69. The second-order valence-electron chi connectivity index (χ2n) is 5.63. The summed E-state index contributed by atoms with van der Waals surface area (Å²) in [4.78, 5) is 37.7. The van der Waals surface area contributed by atoms with E-state index < -0.39 is 17.1 Å². The van der Waals surface area contributed by atoms with Crippen LogP contribution < -0.4 is 5.32 Å². The zero-order valence-corrected chi connectivity index (χ0v) is 14.6. The number of furan rings is 1. The molecule has 0 aliphatic carbocycles. The summed E-state index contributed by atoms with van der Waals surface area (Å²) in [7, 11) is 0. The number of thioether (sulfide) groups is 1. The molecule has 1 aromatic heterocycles. The lowest BCUT2D eigenvalue weighted by molar-refractivity contribution is -0.127. The number of carbonyl (C=O) groups excluding carboxylic acids is 3. The number of nitrogens with one attached hydrogen (secondary N) is 1. The highest BCUT2D eigenvalue weighted by atomic mass is 32.2. The van der Waals surface area contributed by atoms with Gasteiger partial charge in [-0.2, -0.15) is 0 Å². The summed E-state index contributed by atoms with van der Waals surface area (Å²) in [6.45, 7) is 3.60. The number of amides is 3. The lowest BCUT2D eigenvalue weighted by Crippen LogP contribution is -2.36. The molecule has 0 radical (unpaired) electrons. The predicted octanol–water partition coefficient (Wildman–Crippen LogP) is 3.57. The second kappa shape index (κ2) is 6.98. The summed E-state index contributed by atoms with van der Waals surface area (Å²) in [6, 6.07) is 8.90. The van der Waals surface area contributed by atoms with Gasteiger partial charge in [-0.25, -0.2) is 0 Å². The molecule has 1 fully saturated rings. The van der Waals surface area contributed by atoms with Crippen LogP contribution in [0.15, 0.2) is 45.9 Å². The Morgan fingerprint density at radius 2 is 2.04 bits per heavy atom. The molecule has 7 heteroatoms. The van der Waals surface area contributed by atoms with Crippen LogP contribution in [0.4, 0.5) is 10.5 Å². The Bertz CT molecular complexity index is 871. The minimum atomic E-state index is -0.498. The number of carbonyl (C=O) groups is 3. The maximum atomic E-state index is 12.3. The van der Waals surface area contributed by atoms with Crippen LogP contribution in [-0.2, 0) is 9.59 Å². The van der Waals surface area contributed by atoms with E-state index in [0.717, 1.165) is 27.8 Å². The fourth-order valence-corrected chi connectivity index (χ4v) is 3.12. The smallest absolute Gasteiger partial charge is 0.294 e. The first-order valence-electron chi connectivity index (χ1n) is 7.60. The van der Waals surface area contributed by atoms with E-state index in [1.54, 1.807) is 18.2 Å². The second-order valence-corrected chi connectivity index (χ2v) is 6.62. The van der Waals surface area contributed by atoms with Crippen molar-refractivity contribution in [3.63, 3.8) is 0 Å². The first-order valence-corrected chi connectivity index (χ1v) is 8.41. The Labute approximate surface area is 148 Å². The Hall–Kier alpha value is -2.80. The average molecular weight is 356 g/mol. The van der Waals surface area contributed by atoms with Crippen LogP contribution in [0.25, 0.3) is 6.08 Å². The van der Waals surface area contributed by atoms with E-state index in [1.165, 1.54) is 12.3 Å². The molecule has 3 amide bonds. The molecule has 1 aliphatic rings. The van der Waals surface area contributed by atoms with Gasteiger partial charge in [-0.3, -0.25) is 19.3 Å².